The van der Waals surface area contributed by atoms with Crippen LogP contribution in [0.1, 0.15) is 21.6 Å². The molecule has 0 aliphatic carbocycles. The molecule has 0 saturated carbocycles. The average molecular weight is 372 g/mol. The number of aromatic nitrogens is 2. The standard InChI is InChI=1S/C22H20N4O2/c1-25-20-10-6-5-9-17(20)11-12-18(22(25)28)24-21(27)19-14-26(15-23-19)13-16-7-3-2-4-8-16/h2-10,12,14-15H,11,13H2,1H3,(H,24,27). The summed E-state index contributed by atoms with van der Waals surface area (Å²) < 4.78 is 1.84. The minimum Gasteiger partial charge on any atom is -0.332 e. The first-order chi connectivity index (χ1) is 13.6. The first-order valence-electron chi connectivity index (χ1n) is 9.05. The van der Waals surface area contributed by atoms with Gasteiger partial charge in [0.05, 0.1) is 6.33 Å². The monoisotopic (exact) mass is 372 g/mol. The molecule has 1 aliphatic rings. The molecule has 140 valence electrons. The number of likely N-dealkylation sites (N-methyl/N-ethyl adjacent to an activating group) is 1. The largest absolute Gasteiger partial charge is 0.332 e. The number of nitrogens with zero attached hydrogens (tertiary/aromatic N) is 3. The maximum absolute atomic E-state index is 12.7. The van der Waals surface area contributed by atoms with Crippen LogP contribution in [0.2, 0.25) is 0 Å². The van der Waals surface area contributed by atoms with Gasteiger partial charge >= 0.3 is 0 Å². The van der Waals surface area contributed by atoms with Crippen molar-refractivity contribution < 1.29 is 9.59 Å². The van der Waals surface area contributed by atoms with Crippen LogP contribution in [0.25, 0.3) is 0 Å². The fourth-order valence-corrected chi connectivity index (χ4v) is 3.25. The Hall–Kier alpha value is -3.67. The molecule has 2 amide bonds. The summed E-state index contributed by atoms with van der Waals surface area (Å²) in [5, 5.41) is 2.72. The number of para-hydroxylation sites is 1. The molecule has 0 bridgehead atoms. The van der Waals surface area contributed by atoms with E-state index >= 15 is 0 Å². The van der Waals surface area contributed by atoms with Crippen molar-refractivity contribution in [3.63, 3.8) is 0 Å². The Labute approximate surface area is 163 Å². The van der Waals surface area contributed by atoms with Crippen molar-refractivity contribution in [3.8, 4) is 0 Å². The van der Waals surface area contributed by atoms with Gasteiger partial charge in [-0.2, -0.15) is 0 Å². The van der Waals surface area contributed by atoms with Gasteiger partial charge in [0.25, 0.3) is 11.8 Å². The topological polar surface area (TPSA) is 67.2 Å². The first kappa shape index (κ1) is 17.7. The number of fused-ring (bicyclic) bond motifs is 1. The van der Waals surface area contributed by atoms with E-state index < -0.39 is 5.91 Å². The third kappa shape index (κ3) is 3.57. The summed E-state index contributed by atoms with van der Waals surface area (Å²) in [4.78, 5) is 31.1. The highest BCUT2D eigenvalue weighted by Gasteiger charge is 2.24. The minimum atomic E-state index is -0.397. The summed E-state index contributed by atoms with van der Waals surface area (Å²) in [5.41, 5.74) is 3.54. The van der Waals surface area contributed by atoms with Crippen LogP contribution in [0.5, 0.6) is 0 Å². The van der Waals surface area contributed by atoms with E-state index in [1.165, 1.54) is 0 Å². The van der Waals surface area contributed by atoms with Crippen molar-refractivity contribution in [1.29, 1.82) is 0 Å². The SMILES string of the molecule is CN1C(=O)C(NC(=O)c2cn(Cc3ccccc3)cn2)=CCc2ccccc21. The van der Waals surface area contributed by atoms with Crippen LogP contribution in [0, 0.1) is 0 Å². The Bertz CT molecular complexity index is 1050. The molecule has 3 aromatic rings. The van der Waals surface area contributed by atoms with Gasteiger partial charge in [-0.3, -0.25) is 9.59 Å². The molecule has 6 heteroatoms. The molecule has 1 aromatic heterocycles. The molecule has 4 rings (SSSR count). The van der Waals surface area contributed by atoms with E-state index in [2.05, 4.69) is 10.3 Å². The van der Waals surface area contributed by atoms with E-state index in [9.17, 15) is 9.59 Å². The van der Waals surface area contributed by atoms with Crippen molar-refractivity contribution in [3.05, 3.63) is 95.7 Å². The van der Waals surface area contributed by atoms with Crippen LogP contribution in [0.3, 0.4) is 0 Å². The van der Waals surface area contributed by atoms with E-state index in [4.69, 9.17) is 0 Å². The molecule has 0 saturated heterocycles. The number of hydrogen-bond donors (Lipinski definition) is 1. The van der Waals surface area contributed by atoms with Gasteiger partial charge in [-0.25, -0.2) is 4.98 Å². The van der Waals surface area contributed by atoms with Crippen LogP contribution < -0.4 is 10.2 Å². The molecule has 6 nitrogen and oxygen atoms in total. The molecule has 0 radical (unpaired) electrons. The molecular formula is C22H20N4O2. The maximum Gasteiger partial charge on any atom is 0.275 e. The predicted molar refractivity (Wildman–Crippen MR) is 107 cm³/mol. The Morgan fingerprint density at radius 1 is 1.11 bits per heavy atom. The van der Waals surface area contributed by atoms with Crippen LogP contribution in [-0.2, 0) is 17.8 Å². The van der Waals surface area contributed by atoms with E-state index in [0.29, 0.717) is 13.0 Å². The summed E-state index contributed by atoms with van der Waals surface area (Å²) in [7, 11) is 1.71. The zero-order chi connectivity index (χ0) is 19.5. The van der Waals surface area contributed by atoms with Gasteiger partial charge in [-0.05, 0) is 23.6 Å². The quantitative estimate of drug-likeness (QED) is 0.766. The summed E-state index contributed by atoms with van der Waals surface area (Å²) in [6.45, 7) is 0.626. The molecule has 28 heavy (non-hydrogen) atoms. The van der Waals surface area contributed by atoms with Gasteiger partial charge < -0.3 is 14.8 Å². The van der Waals surface area contributed by atoms with Gasteiger partial charge in [-0.1, -0.05) is 54.6 Å². The number of benzene rings is 2. The van der Waals surface area contributed by atoms with E-state index in [1.54, 1.807) is 30.5 Å². The fraction of sp³-hybridized carbons (Fsp3) is 0.136. The molecule has 2 aromatic carbocycles. The lowest BCUT2D eigenvalue weighted by molar-refractivity contribution is -0.115. The van der Waals surface area contributed by atoms with Crippen LogP contribution in [0.4, 0.5) is 5.69 Å². The molecule has 0 fully saturated rings. The highest BCUT2D eigenvalue weighted by atomic mass is 16.2. The third-order valence-corrected chi connectivity index (χ3v) is 4.74. The Morgan fingerprint density at radius 2 is 1.86 bits per heavy atom. The number of rotatable bonds is 4. The second kappa shape index (κ2) is 7.52. The second-order valence-electron chi connectivity index (χ2n) is 6.69. The molecule has 0 spiro atoms. The summed E-state index contributed by atoms with van der Waals surface area (Å²) in [6.07, 6.45) is 5.63. The van der Waals surface area contributed by atoms with Gasteiger partial charge in [0, 0.05) is 25.5 Å². The predicted octanol–water partition coefficient (Wildman–Crippen LogP) is 2.76. The lowest BCUT2D eigenvalue weighted by Crippen LogP contribution is -2.35. The molecule has 1 aliphatic heterocycles. The summed E-state index contributed by atoms with van der Waals surface area (Å²) in [6, 6.07) is 17.6. The van der Waals surface area contributed by atoms with E-state index in [-0.39, 0.29) is 17.3 Å². The fourth-order valence-electron chi connectivity index (χ4n) is 3.25. The number of allylic oxidation sites excluding steroid dienone is 1. The number of anilines is 1. The van der Waals surface area contributed by atoms with Crippen LogP contribution in [-0.4, -0.2) is 28.4 Å². The van der Waals surface area contributed by atoms with Crippen molar-refractivity contribution >= 4 is 17.5 Å². The highest BCUT2D eigenvalue weighted by molar-refractivity contribution is 6.09. The average Bonchev–Trinajstić information content (AvgIpc) is 3.15. The Morgan fingerprint density at radius 3 is 2.68 bits per heavy atom. The number of imidazole rings is 1. The van der Waals surface area contributed by atoms with Crippen LogP contribution >= 0.6 is 0 Å². The number of nitrogens with one attached hydrogen (secondary N) is 1. The van der Waals surface area contributed by atoms with Crippen molar-refractivity contribution in [2.24, 2.45) is 0 Å². The van der Waals surface area contributed by atoms with Gasteiger partial charge in [0.1, 0.15) is 11.4 Å². The van der Waals surface area contributed by atoms with Crippen molar-refractivity contribution in [1.82, 2.24) is 14.9 Å². The van der Waals surface area contributed by atoms with Gasteiger partial charge in [0.15, 0.2) is 0 Å². The lowest BCUT2D eigenvalue weighted by atomic mass is 10.1. The third-order valence-electron chi connectivity index (χ3n) is 4.74. The first-order valence-corrected chi connectivity index (χ1v) is 9.05. The summed E-state index contributed by atoms with van der Waals surface area (Å²) in [5.74, 6) is -0.646. The number of amides is 2. The molecule has 0 unspecified atom stereocenters. The normalized spacial score (nSPS) is 13.5. The highest BCUT2D eigenvalue weighted by Crippen LogP contribution is 2.24. The number of hydrogen-bond acceptors (Lipinski definition) is 3. The molecule has 2 heterocycles. The lowest BCUT2D eigenvalue weighted by Gasteiger charge is -2.19. The van der Waals surface area contributed by atoms with E-state index in [0.717, 1.165) is 16.8 Å². The maximum atomic E-state index is 12.7. The Balaban J connectivity index is 1.48. The molecular weight excluding hydrogens is 352 g/mol. The van der Waals surface area contributed by atoms with Crippen molar-refractivity contribution in [2.45, 2.75) is 13.0 Å². The number of carbonyl (C=O) groups excluding carboxylic acids is 2. The molecule has 1 N–H and O–H groups in total. The smallest absolute Gasteiger partial charge is 0.275 e. The zero-order valence-electron chi connectivity index (χ0n) is 15.5. The molecule has 0 atom stereocenters. The zero-order valence-corrected chi connectivity index (χ0v) is 15.5. The summed E-state index contributed by atoms with van der Waals surface area (Å²) >= 11 is 0. The number of carbonyl (C=O) groups is 2. The van der Waals surface area contributed by atoms with Gasteiger partial charge in [-0.15, -0.1) is 0 Å². The van der Waals surface area contributed by atoms with Crippen LogP contribution in [0.15, 0.2) is 78.9 Å². The van der Waals surface area contributed by atoms with E-state index in [1.807, 2.05) is 59.2 Å². The van der Waals surface area contributed by atoms with Crippen molar-refractivity contribution in [2.75, 3.05) is 11.9 Å². The minimum absolute atomic E-state index is 0.248. The Kier molecular flexibility index (Phi) is 4.76. The second-order valence-corrected chi connectivity index (χ2v) is 6.69. The van der Waals surface area contributed by atoms with Gasteiger partial charge in [0.2, 0.25) is 0 Å².